The molecule has 1 aliphatic carbocycles. The topological polar surface area (TPSA) is 43.4 Å². The van der Waals surface area contributed by atoms with Gasteiger partial charge in [0.15, 0.2) is 9.84 Å². The molecule has 0 bridgehead atoms. The molecule has 0 atom stereocenters. The molecule has 28 heavy (non-hydrogen) atoms. The Balaban J connectivity index is 2.03. The van der Waals surface area contributed by atoms with Gasteiger partial charge in [-0.05, 0) is 47.4 Å². The number of halogens is 5. The van der Waals surface area contributed by atoms with Crippen molar-refractivity contribution in [3.05, 3.63) is 71.3 Å². The van der Waals surface area contributed by atoms with Crippen LogP contribution >= 0.6 is 0 Å². The molecule has 0 N–H and O–H groups in total. The molecule has 0 unspecified atom stereocenters. The van der Waals surface area contributed by atoms with Crippen LogP contribution in [0.5, 0.6) is 5.75 Å². The normalized spacial score (nSPS) is 14.6. The molecular formula is C19H13F5O3S. The van der Waals surface area contributed by atoms with E-state index in [1.165, 1.54) is 12.1 Å². The third-order valence-electron chi connectivity index (χ3n) is 4.08. The predicted octanol–water partition coefficient (Wildman–Crippen LogP) is 5.14. The van der Waals surface area contributed by atoms with Crippen molar-refractivity contribution < 1.29 is 35.1 Å². The van der Waals surface area contributed by atoms with E-state index in [-0.39, 0.29) is 12.0 Å². The number of alkyl halides is 3. The molecule has 0 radical (unpaired) electrons. The Morgan fingerprint density at radius 3 is 2.21 bits per heavy atom. The number of allylic oxidation sites excluding steroid dienone is 4. The highest BCUT2D eigenvalue weighted by molar-refractivity contribution is 7.90. The molecule has 9 heteroatoms. The number of rotatable bonds is 4. The van der Waals surface area contributed by atoms with Crippen molar-refractivity contribution in [1.82, 2.24) is 0 Å². The lowest BCUT2D eigenvalue weighted by molar-refractivity contribution is -0.274. The van der Waals surface area contributed by atoms with Gasteiger partial charge in [0, 0.05) is 11.8 Å². The molecular weight excluding hydrogens is 403 g/mol. The van der Waals surface area contributed by atoms with Crippen LogP contribution in [0.1, 0.15) is 17.5 Å². The number of benzene rings is 2. The summed E-state index contributed by atoms with van der Waals surface area (Å²) in [7, 11) is -3.93. The zero-order valence-corrected chi connectivity index (χ0v) is 15.2. The Morgan fingerprint density at radius 1 is 1.00 bits per heavy atom. The maximum Gasteiger partial charge on any atom is 0.573 e. The maximum absolute atomic E-state index is 14.5. The standard InChI is InChI=1S/C19H13F5O3S/c1-28(25,26)18-10-16(20)15(9-17(18)21)14-4-2-3-13(14)11-5-7-12(8-6-11)27-19(22,23)24/h2-3,5-10H,4H2,1H3. The number of hydrogen-bond donors (Lipinski definition) is 0. The van der Waals surface area contributed by atoms with Gasteiger partial charge in [0.2, 0.25) is 0 Å². The summed E-state index contributed by atoms with van der Waals surface area (Å²) < 4.78 is 92.4. The van der Waals surface area contributed by atoms with Gasteiger partial charge in [-0.25, -0.2) is 17.2 Å². The molecule has 148 valence electrons. The third kappa shape index (κ3) is 4.24. The van der Waals surface area contributed by atoms with Crippen LogP contribution in [0.3, 0.4) is 0 Å². The second-order valence-corrected chi connectivity index (χ2v) is 8.09. The minimum absolute atomic E-state index is 0.111. The average molecular weight is 416 g/mol. The van der Waals surface area contributed by atoms with Gasteiger partial charge in [0.05, 0.1) is 0 Å². The molecule has 0 fully saturated rings. The van der Waals surface area contributed by atoms with E-state index in [4.69, 9.17) is 0 Å². The van der Waals surface area contributed by atoms with E-state index in [0.29, 0.717) is 22.8 Å². The first-order chi connectivity index (χ1) is 13.0. The molecule has 3 rings (SSSR count). The Labute approximate surface area is 157 Å². The first kappa shape index (κ1) is 20.1. The van der Waals surface area contributed by atoms with Gasteiger partial charge in [-0.15, -0.1) is 13.2 Å². The van der Waals surface area contributed by atoms with Crippen molar-refractivity contribution in [2.45, 2.75) is 17.7 Å². The van der Waals surface area contributed by atoms with Crippen LogP contribution in [-0.4, -0.2) is 21.0 Å². The monoisotopic (exact) mass is 416 g/mol. The lowest BCUT2D eigenvalue weighted by atomic mass is 9.96. The van der Waals surface area contributed by atoms with E-state index in [1.54, 1.807) is 12.2 Å². The molecule has 1 aliphatic rings. The van der Waals surface area contributed by atoms with Crippen LogP contribution < -0.4 is 4.74 Å². The molecule has 3 nitrogen and oxygen atoms in total. The van der Waals surface area contributed by atoms with Gasteiger partial charge in [-0.1, -0.05) is 24.3 Å². The van der Waals surface area contributed by atoms with Crippen molar-refractivity contribution in [1.29, 1.82) is 0 Å². The highest BCUT2D eigenvalue weighted by Crippen LogP contribution is 2.38. The van der Waals surface area contributed by atoms with E-state index >= 15 is 0 Å². The van der Waals surface area contributed by atoms with Gasteiger partial charge in [-0.3, -0.25) is 0 Å². The minimum Gasteiger partial charge on any atom is -0.406 e. The lowest BCUT2D eigenvalue weighted by Gasteiger charge is -2.12. The third-order valence-corrected chi connectivity index (χ3v) is 5.19. The van der Waals surface area contributed by atoms with Gasteiger partial charge in [0.1, 0.15) is 22.3 Å². The highest BCUT2D eigenvalue weighted by Gasteiger charge is 2.31. The summed E-state index contributed by atoms with van der Waals surface area (Å²) in [4.78, 5) is -0.740. The smallest absolute Gasteiger partial charge is 0.406 e. The fourth-order valence-electron chi connectivity index (χ4n) is 2.91. The van der Waals surface area contributed by atoms with Gasteiger partial charge in [-0.2, -0.15) is 0 Å². The van der Waals surface area contributed by atoms with E-state index < -0.39 is 38.5 Å². The van der Waals surface area contributed by atoms with Gasteiger partial charge < -0.3 is 4.74 Å². The van der Waals surface area contributed by atoms with Crippen LogP contribution in [0.4, 0.5) is 22.0 Å². The summed E-state index contributed by atoms with van der Waals surface area (Å²) in [6.07, 6.45) is -0.466. The highest BCUT2D eigenvalue weighted by atomic mass is 32.2. The van der Waals surface area contributed by atoms with E-state index in [9.17, 15) is 30.4 Å². The summed E-state index contributed by atoms with van der Waals surface area (Å²) in [6.45, 7) is 0. The maximum atomic E-state index is 14.5. The fraction of sp³-hybridized carbons (Fsp3) is 0.158. The Hall–Kier alpha value is -2.68. The molecule has 0 spiro atoms. The first-order valence-corrected chi connectivity index (χ1v) is 9.80. The first-order valence-electron chi connectivity index (χ1n) is 7.91. The van der Waals surface area contributed by atoms with Gasteiger partial charge in [0.25, 0.3) is 0 Å². The average Bonchev–Trinajstić information content (AvgIpc) is 3.04. The zero-order valence-electron chi connectivity index (χ0n) is 14.3. The van der Waals surface area contributed by atoms with Crippen molar-refractivity contribution in [3.8, 4) is 5.75 Å². The molecule has 0 amide bonds. The number of hydrogen-bond acceptors (Lipinski definition) is 3. The zero-order chi connectivity index (χ0) is 20.7. The van der Waals surface area contributed by atoms with Crippen molar-refractivity contribution in [2.75, 3.05) is 6.26 Å². The van der Waals surface area contributed by atoms with Crippen LogP contribution in [0.25, 0.3) is 11.1 Å². The summed E-state index contributed by atoms with van der Waals surface area (Å²) >= 11 is 0. The molecule has 2 aromatic carbocycles. The second-order valence-electron chi connectivity index (χ2n) is 6.11. The predicted molar refractivity (Wildman–Crippen MR) is 93.2 cm³/mol. The molecule has 0 saturated heterocycles. The molecule has 0 saturated carbocycles. The Bertz CT molecular complexity index is 1080. The molecule has 2 aromatic rings. The van der Waals surface area contributed by atoms with Crippen molar-refractivity contribution in [3.63, 3.8) is 0 Å². The lowest BCUT2D eigenvalue weighted by Crippen LogP contribution is -2.16. The van der Waals surface area contributed by atoms with E-state index in [1.807, 2.05) is 0 Å². The second kappa shape index (κ2) is 7.05. The summed E-state index contributed by atoms with van der Waals surface area (Å²) in [5, 5.41) is 0. The summed E-state index contributed by atoms with van der Waals surface area (Å²) in [5.74, 6) is -2.39. The molecule has 0 heterocycles. The van der Waals surface area contributed by atoms with E-state index in [2.05, 4.69) is 4.74 Å². The fourth-order valence-corrected chi connectivity index (χ4v) is 3.64. The summed E-state index contributed by atoms with van der Waals surface area (Å²) in [6, 6.07) is 6.40. The Morgan fingerprint density at radius 2 is 1.64 bits per heavy atom. The Kier molecular flexibility index (Phi) is 5.05. The molecule has 0 aromatic heterocycles. The molecule has 0 aliphatic heterocycles. The largest absolute Gasteiger partial charge is 0.573 e. The van der Waals surface area contributed by atoms with Crippen LogP contribution in [0.2, 0.25) is 0 Å². The van der Waals surface area contributed by atoms with Crippen molar-refractivity contribution in [2.24, 2.45) is 0 Å². The minimum atomic E-state index is -4.82. The number of ether oxygens (including phenoxy) is 1. The number of sulfone groups is 1. The van der Waals surface area contributed by atoms with E-state index in [0.717, 1.165) is 24.5 Å². The van der Waals surface area contributed by atoms with Crippen LogP contribution in [0, 0.1) is 11.6 Å². The SMILES string of the molecule is CS(=O)(=O)c1cc(F)c(C2=C(c3ccc(OC(F)(F)F)cc3)C=CC2)cc1F. The van der Waals surface area contributed by atoms with Crippen molar-refractivity contribution >= 4 is 21.0 Å². The van der Waals surface area contributed by atoms with Crippen LogP contribution in [0.15, 0.2) is 53.4 Å². The van der Waals surface area contributed by atoms with Crippen LogP contribution in [-0.2, 0) is 9.84 Å². The van der Waals surface area contributed by atoms with Gasteiger partial charge >= 0.3 is 6.36 Å². The summed E-state index contributed by atoms with van der Waals surface area (Å²) in [5.41, 5.74) is 1.25. The quantitative estimate of drug-likeness (QED) is 0.649.